The number of ether oxygens (including phenoxy) is 1. The zero-order chi connectivity index (χ0) is 13.0. The Morgan fingerprint density at radius 2 is 1.88 bits per heavy atom. The molecule has 0 aromatic heterocycles. The summed E-state index contributed by atoms with van der Waals surface area (Å²) in [5, 5.41) is 19.3. The molecule has 4 nitrogen and oxygen atoms in total. The van der Waals surface area contributed by atoms with Crippen molar-refractivity contribution in [2.45, 2.75) is 20.0 Å². The molecule has 0 aliphatic carbocycles. The van der Waals surface area contributed by atoms with Crippen LogP contribution in [0.25, 0.3) is 0 Å². The van der Waals surface area contributed by atoms with Crippen molar-refractivity contribution in [2.75, 3.05) is 7.11 Å². The van der Waals surface area contributed by atoms with Crippen LogP contribution in [0.1, 0.15) is 25.5 Å². The Bertz CT molecular complexity index is 387. The molecule has 17 heavy (non-hydrogen) atoms. The van der Waals surface area contributed by atoms with Gasteiger partial charge >= 0.3 is 5.97 Å². The van der Waals surface area contributed by atoms with E-state index < -0.39 is 18.0 Å². The largest absolute Gasteiger partial charge is 0.496 e. The molecule has 2 unspecified atom stereocenters. The second-order valence-corrected chi connectivity index (χ2v) is 4.29. The predicted molar refractivity (Wildman–Crippen MR) is 63.9 cm³/mol. The van der Waals surface area contributed by atoms with Crippen LogP contribution in [0.4, 0.5) is 0 Å². The summed E-state index contributed by atoms with van der Waals surface area (Å²) in [6.07, 6.45) is -1.07. The molecule has 1 rings (SSSR count). The number of aliphatic carboxylic acids is 1. The van der Waals surface area contributed by atoms with Crippen LogP contribution in [0.5, 0.6) is 5.75 Å². The van der Waals surface area contributed by atoms with Crippen LogP contribution in [0.2, 0.25) is 0 Å². The number of benzene rings is 1. The van der Waals surface area contributed by atoms with Crippen LogP contribution < -0.4 is 4.74 Å². The van der Waals surface area contributed by atoms with E-state index >= 15 is 0 Å². The Kier molecular flexibility index (Phi) is 4.52. The monoisotopic (exact) mass is 238 g/mol. The number of carboxylic acids is 1. The Hall–Kier alpha value is -1.55. The number of hydrogen-bond acceptors (Lipinski definition) is 3. The molecule has 0 saturated carbocycles. The van der Waals surface area contributed by atoms with Gasteiger partial charge in [0.1, 0.15) is 5.75 Å². The van der Waals surface area contributed by atoms with Gasteiger partial charge in [-0.25, -0.2) is 0 Å². The van der Waals surface area contributed by atoms with Crippen molar-refractivity contribution in [3.63, 3.8) is 0 Å². The lowest BCUT2D eigenvalue weighted by atomic mass is 9.86. The van der Waals surface area contributed by atoms with Gasteiger partial charge in [0.25, 0.3) is 0 Å². The maximum Gasteiger partial charge on any atom is 0.309 e. The van der Waals surface area contributed by atoms with Gasteiger partial charge in [-0.05, 0) is 12.0 Å². The fraction of sp³-hybridized carbons (Fsp3) is 0.462. The van der Waals surface area contributed by atoms with Crippen molar-refractivity contribution in [3.05, 3.63) is 29.8 Å². The molecule has 0 heterocycles. The van der Waals surface area contributed by atoms with Crippen molar-refractivity contribution in [1.29, 1.82) is 0 Å². The first-order chi connectivity index (χ1) is 7.99. The molecule has 0 aliphatic heterocycles. The van der Waals surface area contributed by atoms with E-state index in [4.69, 9.17) is 9.84 Å². The molecule has 1 aromatic carbocycles. The van der Waals surface area contributed by atoms with Crippen LogP contribution in [-0.2, 0) is 4.79 Å². The molecule has 0 amide bonds. The maximum atomic E-state index is 11.2. The normalized spacial score (nSPS) is 14.4. The average molecular weight is 238 g/mol. The van der Waals surface area contributed by atoms with Crippen LogP contribution in [0.15, 0.2) is 24.3 Å². The summed E-state index contributed by atoms with van der Waals surface area (Å²) in [7, 11) is 1.50. The van der Waals surface area contributed by atoms with E-state index in [1.807, 2.05) is 0 Å². The minimum Gasteiger partial charge on any atom is -0.496 e. The molecule has 0 bridgehead atoms. The molecule has 0 radical (unpaired) electrons. The van der Waals surface area contributed by atoms with Crippen molar-refractivity contribution < 1.29 is 19.7 Å². The lowest BCUT2D eigenvalue weighted by Gasteiger charge is -2.23. The number of para-hydroxylation sites is 1. The molecule has 4 heteroatoms. The summed E-state index contributed by atoms with van der Waals surface area (Å²) in [5.74, 6) is -1.50. The summed E-state index contributed by atoms with van der Waals surface area (Å²) in [6.45, 7) is 3.55. The molecule has 2 atom stereocenters. The van der Waals surface area contributed by atoms with E-state index in [0.29, 0.717) is 11.3 Å². The summed E-state index contributed by atoms with van der Waals surface area (Å²) in [5.41, 5.74) is 0.510. The van der Waals surface area contributed by atoms with Gasteiger partial charge in [-0.2, -0.15) is 0 Å². The molecular weight excluding hydrogens is 220 g/mol. The summed E-state index contributed by atoms with van der Waals surface area (Å²) in [6, 6.07) is 6.92. The molecule has 0 spiro atoms. The molecule has 1 aromatic rings. The average Bonchev–Trinajstić information content (AvgIpc) is 2.27. The predicted octanol–water partition coefficient (Wildman–Crippen LogP) is 2.09. The van der Waals surface area contributed by atoms with E-state index in [0.717, 1.165) is 0 Å². The zero-order valence-corrected chi connectivity index (χ0v) is 10.3. The van der Waals surface area contributed by atoms with Crippen LogP contribution >= 0.6 is 0 Å². The first-order valence-corrected chi connectivity index (χ1v) is 5.52. The van der Waals surface area contributed by atoms with Crippen LogP contribution in [-0.4, -0.2) is 23.3 Å². The van der Waals surface area contributed by atoms with Crippen molar-refractivity contribution in [2.24, 2.45) is 11.8 Å². The number of aliphatic hydroxyl groups is 1. The lowest BCUT2D eigenvalue weighted by Crippen LogP contribution is -2.27. The Morgan fingerprint density at radius 1 is 1.29 bits per heavy atom. The fourth-order valence-electron chi connectivity index (χ4n) is 1.89. The van der Waals surface area contributed by atoms with E-state index in [2.05, 4.69) is 0 Å². The van der Waals surface area contributed by atoms with Gasteiger partial charge in [-0.1, -0.05) is 32.0 Å². The summed E-state index contributed by atoms with van der Waals surface area (Å²) < 4.78 is 5.12. The van der Waals surface area contributed by atoms with E-state index in [-0.39, 0.29) is 5.92 Å². The van der Waals surface area contributed by atoms with E-state index in [1.165, 1.54) is 7.11 Å². The van der Waals surface area contributed by atoms with Crippen LogP contribution in [0.3, 0.4) is 0 Å². The van der Waals surface area contributed by atoms with Gasteiger partial charge in [-0.3, -0.25) is 4.79 Å². The molecular formula is C13H18O4. The quantitative estimate of drug-likeness (QED) is 0.824. The minimum atomic E-state index is -1.07. The Labute approximate surface area is 101 Å². The number of methoxy groups -OCH3 is 1. The Morgan fingerprint density at radius 3 is 2.35 bits per heavy atom. The number of aliphatic hydroxyl groups excluding tert-OH is 1. The second kappa shape index (κ2) is 5.68. The molecule has 0 aliphatic rings. The molecule has 94 valence electrons. The molecule has 0 fully saturated rings. The van der Waals surface area contributed by atoms with Gasteiger partial charge in [0, 0.05) is 5.56 Å². The third-order valence-electron chi connectivity index (χ3n) is 2.80. The standard InChI is InChI=1S/C13H18O4/c1-8(2)11(13(15)16)12(14)9-6-4-5-7-10(9)17-3/h4-8,11-12,14H,1-3H3,(H,15,16). The van der Waals surface area contributed by atoms with Gasteiger partial charge < -0.3 is 14.9 Å². The number of rotatable bonds is 5. The first kappa shape index (κ1) is 13.5. The number of carboxylic acid groups (broad SMARTS) is 1. The van der Waals surface area contributed by atoms with Gasteiger partial charge in [0.15, 0.2) is 0 Å². The third-order valence-corrected chi connectivity index (χ3v) is 2.80. The lowest BCUT2D eigenvalue weighted by molar-refractivity contribution is -0.148. The topological polar surface area (TPSA) is 66.8 Å². The fourth-order valence-corrected chi connectivity index (χ4v) is 1.89. The SMILES string of the molecule is COc1ccccc1C(O)C(C(=O)O)C(C)C. The summed E-state index contributed by atoms with van der Waals surface area (Å²) in [4.78, 5) is 11.2. The molecule has 0 saturated heterocycles. The van der Waals surface area contributed by atoms with Crippen LogP contribution in [0, 0.1) is 11.8 Å². The highest BCUT2D eigenvalue weighted by atomic mass is 16.5. The highest BCUT2D eigenvalue weighted by Gasteiger charge is 2.32. The minimum absolute atomic E-state index is 0.160. The highest BCUT2D eigenvalue weighted by Crippen LogP contribution is 2.33. The maximum absolute atomic E-state index is 11.2. The number of hydrogen-bond donors (Lipinski definition) is 2. The van der Waals surface area contributed by atoms with Gasteiger partial charge in [0.05, 0.1) is 19.1 Å². The summed E-state index contributed by atoms with van der Waals surface area (Å²) >= 11 is 0. The molecule has 2 N–H and O–H groups in total. The zero-order valence-electron chi connectivity index (χ0n) is 10.3. The van der Waals surface area contributed by atoms with Crippen molar-refractivity contribution in [1.82, 2.24) is 0 Å². The van der Waals surface area contributed by atoms with Crippen molar-refractivity contribution in [3.8, 4) is 5.75 Å². The van der Waals surface area contributed by atoms with E-state index in [9.17, 15) is 9.90 Å². The third kappa shape index (κ3) is 2.97. The second-order valence-electron chi connectivity index (χ2n) is 4.29. The van der Waals surface area contributed by atoms with Gasteiger partial charge in [-0.15, -0.1) is 0 Å². The number of carbonyl (C=O) groups is 1. The Balaban J connectivity index is 3.09. The highest BCUT2D eigenvalue weighted by molar-refractivity contribution is 5.71. The van der Waals surface area contributed by atoms with E-state index in [1.54, 1.807) is 38.1 Å². The smallest absolute Gasteiger partial charge is 0.309 e. The van der Waals surface area contributed by atoms with Gasteiger partial charge in [0.2, 0.25) is 0 Å². The first-order valence-electron chi connectivity index (χ1n) is 5.52. The van der Waals surface area contributed by atoms with Crippen molar-refractivity contribution >= 4 is 5.97 Å².